The van der Waals surface area contributed by atoms with Crippen molar-refractivity contribution in [1.29, 1.82) is 0 Å². The molecule has 0 saturated heterocycles. The fraction of sp³-hybridized carbons (Fsp3) is 0.286. The highest BCUT2D eigenvalue weighted by atomic mass is 32.1. The molecule has 0 fully saturated rings. The molecule has 0 bridgehead atoms. The van der Waals surface area contributed by atoms with Crippen LogP contribution in [0.4, 0.5) is 0 Å². The van der Waals surface area contributed by atoms with E-state index in [9.17, 15) is 14.4 Å². The molecule has 0 spiro atoms. The maximum Gasteiger partial charge on any atom is 0.353 e. The molecule has 1 aromatic rings. The second kappa shape index (κ2) is 8.08. The van der Waals surface area contributed by atoms with Gasteiger partial charge in [-0.1, -0.05) is 20.1 Å². The van der Waals surface area contributed by atoms with Crippen LogP contribution in [0.2, 0.25) is 0 Å². The summed E-state index contributed by atoms with van der Waals surface area (Å²) in [6.07, 6.45) is 1.72. The summed E-state index contributed by atoms with van der Waals surface area (Å²) in [5.41, 5.74) is -0.254. The minimum Gasteiger partial charge on any atom is -0.464 e. The molecule has 0 aliphatic rings. The van der Waals surface area contributed by atoms with E-state index in [0.717, 1.165) is 25.0 Å². The van der Waals surface area contributed by atoms with Crippen LogP contribution in [0.25, 0.3) is 0 Å². The van der Waals surface area contributed by atoms with E-state index in [2.05, 4.69) is 33.5 Å². The first-order valence-electron chi connectivity index (χ1n) is 6.42. The molecule has 0 saturated carbocycles. The Morgan fingerprint density at radius 3 is 2.55 bits per heavy atom. The van der Waals surface area contributed by atoms with Gasteiger partial charge in [-0.05, 0) is 12.8 Å². The Labute approximate surface area is 132 Å². The smallest absolute Gasteiger partial charge is 0.353 e. The number of thiazole rings is 1. The minimum atomic E-state index is -0.781. The van der Waals surface area contributed by atoms with Gasteiger partial charge in [-0.15, -0.1) is 11.3 Å². The van der Waals surface area contributed by atoms with E-state index in [0.29, 0.717) is 0 Å². The zero-order valence-corrected chi connectivity index (χ0v) is 13.2. The first-order valence-corrected chi connectivity index (χ1v) is 7.30. The number of ether oxygens (including phenoxy) is 1. The highest BCUT2D eigenvalue weighted by Crippen LogP contribution is 2.11. The van der Waals surface area contributed by atoms with E-state index in [1.165, 1.54) is 11.3 Å². The molecule has 2 amide bonds. The molecule has 0 aromatic carbocycles. The number of nitrogens with one attached hydrogen (secondary N) is 2. The molecule has 7 nitrogen and oxygen atoms in total. The molecular weight excluding hydrogens is 306 g/mol. The molecule has 1 rings (SSSR count). The van der Waals surface area contributed by atoms with Crippen molar-refractivity contribution >= 4 is 29.1 Å². The van der Waals surface area contributed by atoms with Crippen molar-refractivity contribution in [2.24, 2.45) is 0 Å². The zero-order valence-electron chi connectivity index (χ0n) is 12.4. The van der Waals surface area contributed by atoms with Gasteiger partial charge in [0.25, 0.3) is 11.8 Å². The summed E-state index contributed by atoms with van der Waals surface area (Å²) >= 11 is 1.38. The van der Waals surface area contributed by atoms with E-state index in [-0.39, 0.29) is 17.1 Å². The highest BCUT2D eigenvalue weighted by Gasteiger charge is 2.17. The normalized spacial score (nSPS) is 9.73. The lowest BCUT2D eigenvalue weighted by molar-refractivity contribution is -0.137. The van der Waals surface area contributed by atoms with Crippen LogP contribution >= 0.6 is 11.3 Å². The van der Waals surface area contributed by atoms with Gasteiger partial charge >= 0.3 is 5.97 Å². The lowest BCUT2D eigenvalue weighted by atomic mass is 10.3. The second-order valence-corrected chi connectivity index (χ2v) is 5.18. The van der Waals surface area contributed by atoms with Gasteiger partial charge in [0.1, 0.15) is 11.4 Å². The van der Waals surface area contributed by atoms with E-state index in [4.69, 9.17) is 0 Å². The van der Waals surface area contributed by atoms with Crippen molar-refractivity contribution in [2.75, 3.05) is 7.11 Å². The van der Waals surface area contributed by atoms with Crippen LogP contribution in [0.3, 0.4) is 0 Å². The molecule has 2 N–H and O–H groups in total. The number of hydrogen-bond donors (Lipinski definition) is 2. The summed E-state index contributed by atoms with van der Waals surface area (Å²) in [6.45, 7) is 8.79. The third-order valence-corrected chi connectivity index (χ3v) is 3.39. The first kappa shape index (κ1) is 17.6. The number of esters is 1. The number of hydrogen-bond acceptors (Lipinski definition) is 6. The Kier molecular flexibility index (Phi) is 6.46. The largest absolute Gasteiger partial charge is 0.464 e. The quantitative estimate of drug-likeness (QED) is 0.579. The van der Waals surface area contributed by atoms with Gasteiger partial charge < -0.3 is 15.4 Å². The SMILES string of the molecule is C=C(NC(=O)c1csc(CCC)n1)C(=O)NC(=C)C(=O)OC. The number of aryl methyl sites for hydroxylation is 1. The predicted octanol–water partition coefficient (Wildman–Crippen LogP) is 1.14. The van der Waals surface area contributed by atoms with Crippen molar-refractivity contribution in [1.82, 2.24) is 15.6 Å². The van der Waals surface area contributed by atoms with Crippen LogP contribution in [0.5, 0.6) is 0 Å². The number of aromatic nitrogens is 1. The lowest BCUT2D eigenvalue weighted by Crippen LogP contribution is -2.35. The molecule has 0 aliphatic heterocycles. The average Bonchev–Trinajstić information content (AvgIpc) is 2.95. The van der Waals surface area contributed by atoms with Gasteiger partial charge in [0.15, 0.2) is 0 Å². The van der Waals surface area contributed by atoms with E-state index in [1.807, 2.05) is 6.92 Å². The number of amides is 2. The van der Waals surface area contributed by atoms with Crippen LogP contribution in [0.15, 0.2) is 29.9 Å². The molecule has 0 atom stereocenters. The summed E-state index contributed by atoms with van der Waals surface area (Å²) < 4.78 is 4.39. The third kappa shape index (κ3) is 4.81. The molecule has 22 heavy (non-hydrogen) atoms. The molecule has 0 radical (unpaired) electrons. The maximum absolute atomic E-state index is 11.9. The van der Waals surface area contributed by atoms with E-state index >= 15 is 0 Å². The number of methoxy groups -OCH3 is 1. The van der Waals surface area contributed by atoms with Crippen LogP contribution in [0, 0.1) is 0 Å². The first-order chi connectivity index (χ1) is 10.4. The Hall–Kier alpha value is -2.48. The summed E-state index contributed by atoms with van der Waals surface area (Å²) in [4.78, 5) is 38.9. The second-order valence-electron chi connectivity index (χ2n) is 4.23. The Bertz CT molecular complexity index is 621. The van der Waals surface area contributed by atoms with Gasteiger partial charge in [0, 0.05) is 5.38 Å². The summed E-state index contributed by atoms with van der Waals surface area (Å²) in [5, 5.41) is 6.95. The molecule has 1 heterocycles. The fourth-order valence-electron chi connectivity index (χ4n) is 1.39. The minimum absolute atomic E-state index is 0.217. The topological polar surface area (TPSA) is 97.4 Å². The molecular formula is C14H17N3O4S. The highest BCUT2D eigenvalue weighted by molar-refractivity contribution is 7.09. The van der Waals surface area contributed by atoms with Crippen molar-refractivity contribution in [3.8, 4) is 0 Å². The molecule has 0 aliphatic carbocycles. The third-order valence-electron chi connectivity index (χ3n) is 2.48. The van der Waals surface area contributed by atoms with Gasteiger partial charge in [-0.2, -0.15) is 0 Å². The molecule has 1 aromatic heterocycles. The Morgan fingerprint density at radius 2 is 1.95 bits per heavy atom. The van der Waals surface area contributed by atoms with Crippen molar-refractivity contribution < 1.29 is 19.1 Å². The van der Waals surface area contributed by atoms with Gasteiger partial charge in [-0.3, -0.25) is 9.59 Å². The lowest BCUT2D eigenvalue weighted by Gasteiger charge is -2.09. The predicted molar refractivity (Wildman–Crippen MR) is 82.0 cm³/mol. The standard InChI is InChI=1S/C14H17N3O4S/c1-5-6-11-17-10(7-22-11)13(19)15-8(2)12(18)16-9(3)14(20)21-4/h7H,2-3,5-6H2,1,4H3,(H,15,19)(H,16,18). The van der Waals surface area contributed by atoms with E-state index < -0.39 is 17.8 Å². The number of rotatable bonds is 7. The number of carbonyl (C=O) groups excluding carboxylic acids is 3. The summed E-state index contributed by atoms with van der Waals surface area (Å²) in [5.74, 6) is -2.08. The van der Waals surface area contributed by atoms with Crippen molar-refractivity contribution in [3.05, 3.63) is 40.6 Å². The number of nitrogens with zero attached hydrogens (tertiary/aromatic N) is 1. The molecule has 118 valence electrons. The Morgan fingerprint density at radius 1 is 1.27 bits per heavy atom. The van der Waals surface area contributed by atoms with Crippen molar-refractivity contribution in [2.45, 2.75) is 19.8 Å². The van der Waals surface area contributed by atoms with Gasteiger partial charge in [0.2, 0.25) is 0 Å². The summed E-state index contributed by atoms with van der Waals surface area (Å²) in [7, 11) is 1.16. The average molecular weight is 323 g/mol. The van der Waals surface area contributed by atoms with Gasteiger partial charge in [0.05, 0.1) is 17.8 Å². The maximum atomic E-state index is 11.9. The zero-order chi connectivity index (χ0) is 16.7. The fourth-order valence-corrected chi connectivity index (χ4v) is 2.27. The molecule has 8 heteroatoms. The van der Waals surface area contributed by atoms with Crippen LogP contribution in [-0.2, 0) is 20.7 Å². The van der Waals surface area contributed by atoms with Crippen molar-refractivity contribution in [3.63, 3.8) is 0 Å². The van der Waals surface area contributed by atoms with Crippen LogP contribution in [-0.4, -0.2) is 29.9 Å². The monoisotopic (exact) mass is 323 g/mol. The van der Waals surface area contributed by atoms with Gasteiger partial charge in [-0.25, -0.2) is 9.78 Å². The van der Waals surface area contributed by atoms with E-state index in [1.54, 1.807) is 5.38 Å². The molecule has 0 unspecified atom stereocenters. The van der Waals surface area contributed by atoms with Crippen LogP contribution < -0.4 is 10.6 Å². The summed E-state index contributed by atoms with van der Waals surface area (Å²) in [6, 6.07) is 0. The Balaban J connectivity index is 2.59. The number of carbonyl (C=O) groups is 3. The van der Waals surface area contributed by atoms with Crippen LogP contribution in [0.1, 0.15) is 28.8 Å².